The fourth-order valence-corrected chi connectivity index (χ4v) is 3.73. The van der Waals surface area contributed by atoms with Crippen molar-refractivity contribution in [2.24, 2.45) is 0 Å². The molecule has 118 valence electrons. The van der Waals surface area contributed by atoms with Gasteiger partial charge in [0, 0.05) is 12.1 Å². The molecule has 2 aliphatic rings. The fraction of sp³-hybridized carbons (Fsp3) is 0.824. The quantitative estimate of drug-likeness (QED) is 0.806. The first-order valence-electron chi connectivity index (χ1n) is 8.76. The molecule has 3 rings (SSSR count). The third kappa shape index (κ3) is 4.07. The minimum Gasteiger partial charge on any atom is -0.360 e. The summed E-state index contributed by atoms with van der Waals surface area (Å²) in [7, 11) is 0. The van der Waals surface area contributed by atoms with Gasteiger partial charge >= 0.3 is 0 Å². The summed E-state index contributed by atoms with van der Waals surface area (Å²) in [5.41, 5.74) is 1.08. The topological polar surface area (TPSA) is 32.5 Å². The van der Waals surface area contributed by atoms with Gasteiger partial charge in [0.15, 0.2) is 5.76 Å². The first kappa shape index (κ1) is 15.0. The highest BCUT2D eigenvalue weighted by molar-refractivity contribution is 5.05. The molecule has 0 aliphatic carbocycles. The van der Waals surface area contributed by atoms with E-state index in [0.29, 0.717) is 0 Å². The Balaban J connectivity index is 1.53. The summed E-state index contributed by atoms with van der Waals surface area (Å²) >= 11 is 0. The Hall–Kier alpha value is -0.870. The Kier molecular flexibility index (Phi) is 5.31. The van der Waals surface area contributed by atoms with Crippen molar-refractivity contribution in [3.05, 3.63) is 17.5 Å². The Morgan fingerprint density at radius 3 is 2.76 bits per heavy atom. The lowest BCUT2D eigenvalue weighted by Gasteiger charge is -2.35. The first-order valence-corrected chi connectivity index (χ1v) is 8.76. The summed E-state index contributed by atoms with van der Waals surface area (Å²) in [5, 5.41) is 4.12. The SMILES string of the molecule is CCc1cc(CN2CCCCC2CCN2CCCC2)on1. The molecule has 0 saturated carbocycles. The van der Waals surface area contributed by atoms with Gasteiger partial charge in [-0.05, 0) is 64.7 Å². The van der Waals surface area contributed by atoms with Crippen LogP contribution < -0.4 is 0 Å². The van der Waals surface area contributed by atoms with Crippen LogP contribution in [0.3, 0.4) is 0 Å². The number of aryl methyl sites for hydroxylation is 1. The highest BCUT2D eigenvalue weighted by Gasteiger charge is 2.24. The van der Waals surface area contributed by atoms with E-state index >= 15 is 0 Å². The van der Waals surface area contributed by atoms with Gasteiger partial charge in [-0.25, -0.2) is 0 Å². The van der Waals surface area contributed by atoms with Gasteiger partial charge in [0.1, 0.15) is 0 Å². The number of nitrogens with zero attached hydrogens (tertiary/aromatic N) is 3. The van der Waals surface area contributed by atoms with Crippen LogP contribution in [0.4, 0.5) is 0 Å². The van der Waals surface area contributed by atoms with Gasteiger partial charge in [-0.1, -0.05) is 18.5 Å². The second-order valence-corrected chi connectivity index (χ2v) is 6.60. The summed E-state index contributed by atoms with van der Waals surface area (Å²) in [6, 6.07) is 2.86. The molecular weight excluding hydrogens is 262 g/mol. The zero-order valence-corrected chi connectivity index (χ0v) is 13.4. The second kappa shape index (κ2) is 7.41. The van der Waals surface area contributed by atoms with Gasteiger partial charge in [-0.15, -0.1) is 0 Å². The molecule has 2 saturated heterocycles. The minimum absolute atomic E-state index is 0.731. The molecule has 1 atom stereocenters. The standard InChI is InChI=1S/C17H29N3O/c1-2-15-13-17(21-18-15)14-20-11-4-3-7-16(20)8-12-19-9-5-6-10-19/h13,16H,2-12,14H2,1H3. The lowest BCUT2D eigenvalue weighted by molar-refractivity contribution is 0.110. The fourth-order valence-electron chi connectivity index (χ4n) is 3.73. The molecule has 2 aliphatic heterocycles. The van der Waals surface area contributed by atoms with Crippen LogP contribution in [-0.2, 0) is 13.0 Å². The number of likely N-dealkylation sites (tertiary alicyclic amines) is 2. The van der Waals surface area contributed by atoms with E-state index in [4.69, 9.17) is 4.52 Å². The molecule has 3 heterocycles. The van der Waals surface area contributed by atoms with Gasteiger partial charge in [0.25, 0.3) is 0 Å². The molecule has 1 aromatic rings. The summed E-state index contributed by atoms with van der Waals surface area (Å²) in [6.45, 7) is 8.19. The largest absolute Gasteiger partial charge is 0.360 e. The molecule has 4 nitrogen and oxygen atoms in total. The number of hydrogen-bond acceptors (Lipinski definition) is 4. The predicted octanol–water partition coefficient (Wildman–Crippen LogP) is 3.08. The molecule has 1 unspecified atom stereocenters. The van der Waals surface area contributed by atoms with E-state index in [2.05, 4.69) is 27.9 Å². The number of piperidine rings is 1. The first-order chi connectivity index (χ1) is 10.3. The van der Waals surface area contributed by atoms with Crippen molar-refractivity contribution in [2.75, 3.05) is 26.2 Å². The number of aromatic nitrogens is 1. The van der Waals surface area contributed by atoms with E-state index in [9.17, 15) is 0 Å². The van der Waals surface area contributed by atoms with E-state index in [-0.39, 0.29) is 0 Å². The molecule has 21 heavy (non-hydrogen) atoms. The van der Waals surface area contributed by atoms with E-state index in [0.717, 1.165) is 30.5 Å². The Morgan fingerprint density at radius 2 is 2.00 bits per heavy atom. The Labute approximate surface area is 128 Å². The van der Waals surface area contributed by atoms with Crippen molar-refractivity contribution in [3.63, 3.8) is 0 Å². The van der Waals surface area contributed by atoms with Gasteiger partial charge in [0.2, 0.25) is 0 Å². The van der Waals surface area contributed by atoms with Gasteiger partial charge in [0.05, 0.1) is 12.2 Å². The zero-order chi connectivity index (χ0) is 14.5. The third-order valence-corrected chi connectivity index (χ3v) is 5.06. The van der Waals surface area contributed by atoms with Crippen molar-refractivity contribution in [1.82, 2.24) is 15.0 Å². The molecule has 0 N–H and O–H groups in total. The van der Waals surface area contributed by atoms with Gasteiger partial charge in [-0.3, -0.25) is 4.90 Å². The Bertz CT molecular complexity index is 425. The van der Waals surface area contributed by atoms with Crippen molar-refractivity contribution in [1.29, 1.82) is 0 Å². The van der Waals surface area contributed by atoms with Gasteiger partial charge in [-0.2, -0.15) is 0 Å². The average molecular weight is 291 g/mol. The highest BCUT2D eigenvalue weighted by Crippen LogP contribution is 2.23. The van der Waals surface area contributed by atoms with Crippen LogP contribution in [0.1, 0.15) is 56.9 Å². The third-order valence-electron chi connectivity index (χ3n) is 5.06. The van der Waals surface area contributed by atoms with Gasteiger partial charge < -0.3 is 9.42 Å². The average Bonchev–Trinajstić information content (AvgIpc) is 3.17. The lowest BCUT2D eigenvalue weighted by atomic mass is 9.99. The van der Waals surface area contributed by atoms with E-state index < -0.39 is 0 Å². The van der Waals surface area contributed by atoms with Crippen LogP contribution in [0.2, 0.25) is 0 Å². The molecule has 0 aromatic carbocycles. The second-order valence-electron chi connectivity index (χ2n) is 6.60. The molecule has 2 fully saturated rings. The molecule has 4 heteroatoms. The summed E-state index contributed by atoms with van der Waals surface area (Å²) in [6.07, 6.45) is 9.13. The molecule has 0 bridgehead atoms. The van der Waals surface area contributed by atoms with Crippen LogP contribution in [-0.4, -0.2) is 47.2 Å². The maximum atomic E-state index is 5.48. The minimum atomic E-state index is 0.731. The van der Waals surface area contributed by atoms with Crippen molar-refractivity contribution in [2.45, 2.75) is 64.5 Å². The van der Waals surface area contributed by atoms with Crippen LogP contribution in [0.15, 0.2) is 10.6 Å². The van der Waals surface area contributed by atoms with E-state index in [1.807, 2.05) is 0 Å². The van der Waals surface area contributed by atoms with Crippen molar-refractivity contribution < 1.29 is 4.52 Å². The van der Waals surface area contributed by atoms with Crippen LogP contribution >= 0.6 is 0 Å². The molecule has 0 radical (unpaired) electrons. The predicted molar refractivity (Wildman–Crippen MR) is 84.2 cm³/mol. The maximum Gasteiger partial charge on any atom is 0.150 e. The van der Waals surface area contributed by atoms with Crippen molar-refractivity contribution in [3.8, 4) is 0 Å². The zero-order valence-electron chi connectivity index (χ0n) is 13.4. The smallest absolute Gasteiger partial charge is 0.150 e. The highest BCUT2D eigenvalue weighted by atomic mass is 16.5. The monoisotopic (exact) mass is 291 g/mol. The van der Waals surface area contributed by atoms with E-state index in [1.54, 1.807) is 0 Å². The van der Waals surface area contributed by atoms with E-state index in [1.165, 1.54) is 64.7 Å². The van der Waals surface area contributed by atoms with Crippen molar-refractivity contribution >= 4 is 0 Å². The molecule has 1 aromatic heterocycles. The number of hydrogen-bond donors (Lipinski definition) is 0. The maximum absolute atomic E-state index is 5.48. The Morgan fingerprint density at radius 1 is 1.19 bits per heavy atom. The normalized spacial score (nSPS) is 24.7. The molecule has 0 amide bonds. The number of rotatable bonds is 6. The summed E-state index contributed by atoms with van der Waals surface area (Å²) < 4.78 is 5.48. The molecular formula is C17H29N3O. The lowest BCUT2D eigenvalue weighted by Crippen LogP contribution is -2.40. The van der Waals surface area contributed by atoms with Crippen LogP contribution in [0.5, 0.6) is 0 Å². The van der Waals surface area contributed by atoms with Crippen LogP contribution in [0, 0.1) is 0 Å². The molecule has 0 spiro atoms. The summed E-state index contributed by atoms with van der Waals surface area (Å²) in [5.74, 6) is 1.04. The van der Waals surface area contributed by atoms with Crippen LogP contribution in [0.25, 0.3) is 0 Å². The summed E-state index contributed by atoms with van der Waals surface area (Å²) in [4.78, 5) is 5.26.